The van der Waals surface area contributed by atoms with Gasteiger partial charge in [-0.05, 0) is 31.0 Å². The van der Waals surface area contributed by atoms with Crippen LogP contribution in [0.4, 0.5) is 18.9 Å². The van der Waals surface area contributed by atoms with Gasteiger partial charge in [0.05, 0.1) is 16.6 Å². The van der Waals surface area contributed by atoms with Crippen molar-refractivity contribution in [1.29, 1.82) is 0 Å². The second kappa shape index (κ2) is 6.00. The number of aliphatic hydroxyl groups excluding tert-OH is 1. The van der Waals surface area contributed by atoms with E-state index in [1.807, 2.05) is 0 Å². The van der Waals surface area contributed by atoms with E-state index in [1.165, 1.54) is 12.1 Å². The molecule has 23 heavy (non-hydrogen) atoms. The van der Waals surface area contributed by atoms with Crippen LogP contribution < -0.4 is 4.90 Å². The van der Waals surface area contributed by atoms with Crippen LogP contribution in [0.25, 0.3) is 10.9 Å². The fourth-order valence-corrected chi connectivity index (χ4v) is 3.35. The van der Waals surface area contributed by atoms with Gasteiger partial charge in [-0.15, -0.1) is 0 Å². The normalized spacial score (nSPS) is 17.0. The van der Waals surface area contributed by atoms with E-state index < -0.39 is 18.0 Å². The fraction of sp³-hybridized carbons (Fsp3) is 0.400. The van der Waals surface area contributed by atoms with Gasteiger partial charge in [-0.25, -0.2) is 4.98 Å². The number of hydrogen-bond donors (Lipinski definition) is 1. The second-order valence-corrected chi connectivity index (χ2v) is 6.37. The molecule has 2 aromatic rings. The first kappa shape index (κ1) is 16.6. The van der Waals surface area contributed by atoms with Crippen LogP contribution in [0.2, 0.25) is 10.0 Å². The van der Waals surface area contributed by atoms with Crippen molar-refractivity contribution in [3.8, 4) is 0 Å². The van der Waals surface area contributed by atoms with Gasteiger partial charge in [0, 0.05) is 29.2 Å². The quantitative estimate of drug-likeness (QED) is 0.807. The van der Waals surface area contributed by atoms with Gasteiger partial charge in [0.25, 0.3) is 0 Å². The highest BCUT2D eigenvalue weighted by Gasteiger charge is 2.34. The maximum Gasteiger partial charge on any atom is 0.433 e. The highest BCUT2D eigenvalue weighted by atomic mass is 35.5. The van der Waals surface area contributed by atoms with Gasteiger partial charge in [-0.3, -0.25) is 0 Å². The molecule has 0 saturated carbocycles. The lowest BCUT2D eigenvalue weighted by Gasteiger charge is -2.32. The number of pyridine rings is 1. The van der Waals surface area contributed by atoms with E-state index in [4.69, 9.17) is 23.2 Å². The van der Waals surface area contributed by atoms with E-state index in [1.54, 1.807) is 4.90 Å². The summed E-state index contributed by atoms with van der Waals surface area (Å²) < 4.78 is 39.4. The standard InChI is InChI=1S/C15H13Cl2F3N2O/c16-8-5-10(17)14-11(6-8)21-13(15(18,19)20)7-12(14)22-3-1-9(23)2-4-22/h5-7,9,23H,1-4H2. The molecule has 0 atom stereocenters. The summed E-state index contributed by atoms with van der Waals surface area (Å²) in [5, 5.41) is 10.5. The van der Waals surface area contributed by atoms with E-state index in [0.29, 0.717) is 37.0 Å². The zero-order valence-corrected chi connectivity index (χ0v) is 13.4. The molecule has 8 heteroatoms. The maximum atomic E-state index is 13.1. The predicted molar refractivity (Wildman–Crippen MR) is 84.2 cm³/mol. The first-order chi connectivity index (χ1) is 10.8. The zero-order chi connectivity index (χ0) is 16.8. The molecule has 0 unspecified atom stereocenters. The van der Waals surface area contributed by atoms with Crippen molar-refractivity contribution >= 4 is 39.8 Å². The predicted octanol–water partition coefficient (Wildman–Crippen LogP) is 4.52. The number of fused-ring (bicyclic) bond motifs is 1. The van der Waals surface area contributed by atoms with Crippen LogP contribution in [-0.2, 0) is 6.18 Å². The lowest BCUT2D eigenvalue weighted by atomic mass is 10.0. The first-order valence-electron chi connectivity index (χ1n) is 7.05. The second-order valence-electron chi connectivity index (χ2n) is 5.52. The molecular formula is C15H13Cl2F3N2O. The number of rotatable bonds is 1. The summed E-state index contributed by atoms with van der Waals surface area (Å²) in [5.41, 5.74) is -0.501. The molecule has 1 aromatic carbocycles. The zero-order valence-electron chi connectivity index (χ0n) is 11.9. The Morgan fingerprint density at radius 3 is 2.39 bits per heavy atom. The van der Waals surface area contributed by atoms with Crippen LogP contribution in [0.3, 0.4) is 0 Å². The molecule has 0 spiro atoms. The first-order valence-corrected chi connectivity index (χ1v) is 7.81. The molecule has 1 N–H and O–H groups in total. The number of halogens is 5. The van der Waals surface area contributed by atoms with Crippen molar-refractivity contribution in [3.63, 3.8) is 0 Å². The van der Waals surface area contributed by atoms with Gasteiger partial charge in [-0.1, -0.05) is 23.2 Å². The van der Waals surface area contributed by atoms with Gasteiger partial charge in [0.2, 0.25) is 0 Å². The minimum absolute atomic E-state index is 0.110. The van der Waals surface area contributed by atoms with Gasteiger partial charge in [-0.2, -0.15) is 13.2 Å². The molecule has 1 aliphatic heterocycles. The summed E-state index contributed by atoms with van der Waals surface area (Å²) in [5.74, 6) is 0. The maximum absolute atomic E-state index is 13.1. The average Bonchev–Trinajstić information content (AvgIpc) is 2.45. The van der Waals surface area contributed by atoms with E-state index >= 15 is 0 Å². The van der Waals surface area contributed by atoms with E-state index in [2.05, 4.69) is 4.98 Å². The number of anilines is 1. The third-order valence-corrected chi connectivity index (χ3v) is 4.42. The summed E-state index contributed by atoms with van der Waals surface area (Å²) >= 11 is 12.1. The lowest BCUT2D eigenvalue weighted by molar-refractivity contribution is -0.140. The number of aliphatic hydroxyl groups is 1. The van der Waals surface area contributed by atoms with Crippen LogP contribution in [-0.4, -0.2) is 29.3 Å². The molecule has 2 heterocycles. The van der Waals surface area contributed by atoms with Crippen molar-refractivity contribution in [2.75, 3.05) is 18.0 Å². The Morgan fingerprint density at radius 1 is 1.13 bits per heavy atom. The topological polar surface area (TPSA) is 36.4 Å². The van der Waals surface area contributed by atoms with Crippen LogP contribution in [0.5, 0.6) is 0 Å². The van der Waals surface area contributed by atoms with E-state index in [0.717, 1.165) is 6.07 Å². The molecule has 0 aliphatic carbocycles. The third kappa shape index (κ3) is 3.34. The van der Waals surface area contributed by atoms with E-state index in [9.17, 15) is 18.3 Å². The summed E-state index contributed by atoms with van der Waals surface area (Å²) in [4.78, 5) is 5.47. The minimum atomic E-state index is -4.56. The van der Waals surface area contributed by atoms with Crippen LogP contribution in [0, 0.1) is 0 Å². The highest BCUT2D eigenvalue weighted by Crippen LogP contribution is 2.39. The summed E-state index contributed by atoms with van der Waals surface area (Å²) in [6.07, 6.45) is -3.99. The number of piperidine rings is 1. The number of hydrogen-bond acceptors (Lipinski definition) is 3. The molecule has 1 aromatic heterocycles. The number of benzene rings is 1. The average molecular weight is 365 g/mol. The van der Waals surface area contributed by atoms with Gasteiger partial charge in [0.1, 0.15) is 5.69 Å². The fourth-order valence-electron chi connectivity index (χ4n) is 2.77. The Morgan fingerprint density at radius 2 is 1.78 bits per heavy atom. The van der Waals surface area contributed by atoms with E-state index in [-0.39, 0.29) is 15.6 Å². The summed E-state index contributed by atoms with van der Waals surface area (Å²) in [7, 11) is 0. The Labute approximate surface area is 140 Å². The molecule has 0 radical (unpaired) electrons. The molecule has 3 nitrogen and oxygen atoms in total. The van der Waals surface area contributed by atoms with Crippen molar-refractivity contribution in [1.82, 2.24) is 4.98 Å². The van der Waals surface area contributed by atoms with Crippen molar-refractivity contribution < 1.29 is 18.3 Å². The molecule has 1 fully saturated rings. The molecule has 3 rings (SSSR count). The third-order valence-electron chi connectivity index (χ3n) is 3.90. The van der Waals surface area contributed by atoms with Gasteiger partial charge < -0.3 is 10.0 Å². The lowest BCUT2D eigenvalue weighted by Crippen LogP contribution is -2.36. The highest BCUT2D eigenvalue weighted by molar-refractivity contribution is 6.39. The number of alkyl halides is 3. The number of nitrogens with zero attached hydrogens (tertiary/aromatic N) is 2. The van der Waals surface area contributed by atoms with Crippen LogP contribution in [0.15, 0.2) is 18.2 Å². The molecule has 124 valence electrons. The Kier molecular flexibility index (Phi) is 4.33. The molecule has 1 saturated heterocycles. The monoisotopic (exact) mass is 364 g/mol. The summed E-state index contributed by atoms with van der Waals surface area (Å²) in [6.45, 7) is 0.910. The Hall–Kier alpha value is -1.24. The van der Waals surface area contributed by atoms with Crippen molar-refractivity contribution in [3.05, 3.63) is 33.9 Å². The van der Waals surface area contributed by atoms with Crippen LogP contribution >= 0.6 is 23.2 Å². The largest absolute Gasteiger partial charge is 0.433 e. The smallest absolute Gasteiger partial charge is 0.393 e. The minimum Gasteiger partial charge on any atom is -0.393 e. The Bertz CT molecular complexity index is 744. The van der Waals surface area contributed by atoms with Crippen molar-refractivity contribution in [2.45, 2.75) is 25.1 Å². The van der Waals surface area contributed by atoms with Crippen molar-refractivity contribution in [2.24, 2.45) is 0 Å². The molecule has 0 bridgehead atoms. The van der Waals surface area contributed by atoms with Crippen LogP contribution in [0.1, 0.15) is 18.5 Å². The Balaban J connectivity index is 2.21. The van der Waals surface area contributed by atoms with Gasteiger partial charge >= 0.3 is 6.18 Å². The van der Waals surface area contributed by atoms with Gasteiger partial charge in [0.15, 0.2) is 0 Å². The summed E-state index contributed by atoms with van der Waals surface area (Å²) in [6, 6.07) is 3.88. The number of aromatic nitrogens is 1. The SMILES string of the molecule is OC1CCN(c2cc(C(F)(F)F)nc3cc(Cl)cc(Cl)c23)CC1. The molecule has 1 aliphatic rings. The molecular weight excluding hydrogens is 352 g/mol. The molecule has 0 amide bonds.